The molecular formula is C11H9NOS. The number of hydrogen-bond donors (Lipinski definition) is 0. The lowest BCUT2D eigenvalue weighted by Crippen LogP contribution is -2.02. The largest absolute Gasteiger partial charge is 0.489 e. The van der Waals surface area contributed by atoms with E-state index in [1.54, 1.807) is 0 Å². The van der Waals surface area contributed by atoms with Gasteiger partial charge >= 0.3 is 0 Å². The van der Waals surface area contributed by atoms with Crippen molar-refractivity contribution in [1.82, 2.24) is 0 Å². The normalized spacial score (nSPS) is 13.4. The number of aliphatic imine (C=N–C) groups is 1. The number of allylic oxidation sites excluding steroid dienone is 1. The Hall–Kier alpha value is -1.44. The van der Waals surface area contributed by atoms with Gasteiger partial charge in [0.05, 0.1) is 10.8 Å². The topological polar surface area (TPSA) is 21.6 Å². The summed E-state index contributed by atoms with van der Waals surface area (Å²) in [6, 6.07) is 5.78. The van der Waals surface area contributed by atoms with E-state index in [1.807, 2.05) is 18.2 Å². The zero-order valence-corrected chi connectivity index (χ0v) is 8.60. The fourth-order valence-electron chi connectivity index (χ4n) is 1.44. The van der Waals surface area contributed by atoms with Gasteiger partial charge in [-0.15, -0.1) is 0 Å². The van der Waals surface area contributed by atoms with Crippen molar-refractivity contribution in [3.8, 4) is 5.75 Å². The molecule has 0 bridgehead atoms. The Morgan fingerprint density at radius 1 is 1.50 bits per heavy atom. The van der Waals surface area contributed by atoms with Crippen LogP contribution in [0, 0.1) is 0 Å². The van der Waals surface area contributed by atoms with Crippen molar-refractivity contribution in [3.63, 3.8) is 0 Å². The van der Waals surface area contributed by atoms with Crippen molar-refractivity contribution in [3.05, 3.63) is 29.8 Å². The maximum Gasteiger partial charge on any atom is 0.129 e. The van der Waals surface area contributed by atoms with Crippen LogP contribution in [-0.4, -0.2) is 11.8 Å². The lowest BCUT2D eigenvalue weighted by molar-refractivity contribution is 0.357. The summed E-state index contributed by atoms with van der Waals surface area (Å²) < 4.78 is 5.48. The summed E-state index contributed by atoms with van der Waals surface area (Å²) in [7, 11) is 0. The quantitative estimate of drug-likeness (QED) is 0.516. The van der Waals surface area contributed by atoms with Crippen molar-refractivity contribution >= 4 is 28.6 Å². The zero-order chi connectivity index (χ0) is 9.97. The van der Waals surface area contributed by atoms with E-state index in [2.05, 4.69) is 35.4 Å². The first kappa shape index (κ1) is 9.13. The van der Waals surface area contributed by atoms with Crippen LogP contribution >= 0.6 is 12.2 Å². The van der Waals surface area contributed by atoms with Gasteiger partial charge in [-0.25, -0.2) is 0 Å². The molecule has 3 heteroatoms. The molecule has 0 N–H and O–H groups in total. The minimum absolute atomic E-state index is 0.629. The number of fused-ring (bicyclic) bond motifs is 1. The number of rotatable bonds is 1. The van der Waals surface area contributed by atoms with Gasteiger partial charge in [0.2, 0.25) is 0 Å². The zero-order valence-electron chi connectivity index (χ0n) is 7.78. The van der Waals surface area contributed by atoms with E-state index in [-0.39, 0.29) is 0 Å². The minimum Gasteiger partial charge on any atom is -0.489 e. The highest BCUT2D eigenvalue weighted by Crippen LogP contribution is 2.32. The highest BCUT2D eigenvalue weighted by Gasteiger charge is 2.10. The third-order valence-electron chi connectivity index (χ3n) is 2.19. The lowest BCUT2D eigenvalue weighted by atomic mass is 10.0. The Kier molecular flexibility index (Phi) is 2.44. The lowest BCUT2D eigenvalue weighted by Gasteiger charge is -2.16. The summed E-state index contributed by atoms with van der Waals surface area (Å²) >= 11 is 4.54. The molecule has 1 aliphatic heterocycles. The molecule has 1 aromatic rings. The average Bonchev–Trinajstić information content (AvgIpc) is 2.18. The molecule has 1 aliphatic rings. The molecule has 0 spiro atoms. The average molecular weight is 203 g/mol. The molecule has 0 radical (unpaired) electrons. The number of isothiocyanates is 1. The molecule has 1 aromatic carbocycles. The van der Waals surface area contributed by atoms with Gasteiger partial charge in [0.25, 0.3) is 0 Å². The summed E-state index contributed by atoms with van der Waals surface area (Å²) in [4.78, 5) is 3.91. The Labute approximate surface area is 87.9 Å². The maximum absolute atomic E-state index is 5.48. The predicted octanol–water partition coefficient (Wildman–Crippen LogP) is 3.22. The fourth-order valence-corrected chi connectivity index (χ4v) is 1.55. The number of thiocarbonyl (C=S) groups is 1. The molecule has 0 fully saturated rings. The van der Waals surface area contributed by atoms with Crippen LogP contribution in [0.3, 0.4) is 0 Å². The second-order valence-electron chi connectivity index (χ2n) is 3.08. The molecule has 0 amide bonds. The van der Waals surface area contributed by atoms with E-state index < -0.39 is 0 Å². The summed E-state index contributed by atoms with van der Waals surface area (Å²) in [6.07, 6.45) is 2.06. The second kappa shape index (κ2) is 3.74. The van der Waals surface area contributed by atoms with Crippen molar-refractivity contribution in [2.45, 2.75) is 6.92 Å². The molecule has 0 unspecified atom stereocenters. The van der Waals surface area contributed by atoms with E-state index >= 15 is 0 Å². The third kappa shape index (κ3) is 1.60. The molecule has 0 atom stereocenters. The third-order valence-corrected chi connectivity index (χ3v) is 2.28. The molecule has 0 saturated carbocycles. The SMILES string of the molecule is CC1=CCOc2cc(N=C=S)ccc21. The van der Waals surface area contributed by atoms with Gasteiger partial charge in [-0.3, -0.25) is 0 Å². The molecule has 70 valence electrons. The standard InChI is InChI=1S/C11H9NOS/c1-8-4-5-13-11-6-9(12-7-14)2-3-10(8)11/h2-4,6H,5H2,1H3. The smallest absolute Gasteiger partial charge is 0.129 e. The minimum atomic E-state index is 0.629. The Morgan fingerprint density at radius 2 is 2.36 bits per heavy atom. The number of nitrogens with zero attached hydrogens (tertiary/aromatic N) is 1. The van der Waals surface area contributed by atoms with Gasteiger partial charge in [-0.05, 0) is 42.9 Å². The molecule has 2 nitrogen and oxygen atoms in total. The van der Waals surface area contributed by atoms with Crippen molar-refractivity contribution < 1.29 is 4.74 Å². The monoisotopic (exact) mass is 203 g/mol. The van der Waals surface area contributed by atoms with Crippen LogP contribution < -0.4 is 4.74 Å². The van der Waals surface area contributed by atoms with Gasteiger partial charge in [0.1, 0.15) is 12.4 Å². The van der Waals surface area contributed by atoms with Gasteiger partial charge in [0, 0.05) is 11.6 Å². The summed E-state index contributed by atoms with van der Waals surface area (Å²) in [5.74, 6) is 0.872. The summed E-state index contributed by atoms with van der Waals surface area (Å²) in [5, 5.41) is 2.34. The molecule has 0 aromatic heterocycles. The molecule has 0 aliphatic carbocycles. The summed E-state index contributed by atoms with van der Waals surface area (Å²) in [6.45, 7) is 2.70. The van der Waals surface area contributed by atoms with Crippen molar-refractivity contribution in [1.29, 1.82) is 0 Å². The van der Waals surface area contributed by atoms with Gasteiger partial charge in [-0.1, -0.05) is 0 Å². The number of ether oxygens (including phenoxy) is 1. The van der Waals surface area contributed by atoms with E-state index in [4.69, 9.17) is 4.74 Å². The van der Waals surface area contributed by atoms with Gasteiger partial charge < -0.3 is 4.74 Å². The molecule has 0 saturated heterocycles. The molecule has 1 heterocycles. The van der Waals surface area contributed by atoms with Crippen LogP contribution in [0.4, 0.5) is 5.69 Å². The van der Waals surface area contributed by atoms with Crippen LogP contribution in [0.25, 0.3) is 5.57 Å². The van der Waals surface area contributed by atoms with E-state index in [0.29, 0.717) is 6.61 Å². The van der Waals surface area contributed by atoms with E-state index in [9.17, 15) is 0 Å². The van der Waals surface area contributed by atoms with E-state index in [1.165, 1.54) is 5.57 Å². The fraction of sp³-hybridized carbons (Fsp3) is 0.182. The predicted molar refractivity (Wildman–Crippen MR) is 60.3 cm³/mol. The first-order valence-electron chi connectivity index (χ1n) is 4.33. The second-order valence-corrected chi connectivity index (χ2v) is 3.26. The van der Waals surface area contributed by atoms with Crippen LogP contribution in [0.2, 0.25) is 0 Å². The van der Waals surface area contributed by atoms with Crippen molar-refractivity contribution in [2.75, 3.05) is 6.61 Å². The maximum atomic E-state index is 5.48. The van der Waals surface area contributed by atoms with Crippen LogP contribution in [0.15, 0.2) is 29.3 Å². The number of hydrogen-bond acceptors (Lipinski definition) is 3. The van der Waals surface area contributed by atoms with Crippen molar-refractivity contribution in [2.24, 2.45) is 4.99 Å². The van der Waals surface area contributed by atoms with Crippen LogP contribution in [-0.2, 0) is 0 Å². The molecular weight excluding hydrogens is 194 g/mol. The van der Waals surface area contributed by atoms with Crippen LogP contribution in [0.5, 0.6) is 5.75 Å². The molecule has 2 rings (SSSR count). The van der Waals surface area contributed by atoms with Gasteiger partial charge in [0.15, 0.2) is 0 Å². The first-order chi connectivity index (χ1) is 6.81. The van der Waals surface area contributed by atoms with Crippen LogP contribution in [0.1, 0.15) is 12.5 Å². The Morgan fingerprint density at radius 3 is 3.14 bits per heavy atom. The highest BCUT2D eigenvalue weighted by atomic mass is 32.1. The molecule has 14 heavy (non-hydrogen) atoms. The first-order valence-corrected chi connectivity index (χ1v) is 4.74. The van der Waals surface area contributed by atoms with E-state index in [0.717, 1.165) is 17.0 Å². The Bertz CT molecular complexity index is 445. The van der Waals surface area contributed by atoms with Gasteiger partial charge in [-0.2, -0.15) is 4.99 Å². The highest BCUT2D eigenvalue weighted by molar-refractivity contribution is 7.78. The Balaban J connectivity index is 2.50. The number of benzene rings is 1. The summed E-state index contributed by atoms with van der Waals surface area (Å²) in [5.41, 5.74) is 3.15.